The van der Waals surface area contributed by atoms with Crippen LogP contribution in [0.15, 0.2) is 91.0 Å². The van der Waals surface area contributed by atoms with E-state index in [0.29, 0.717) is 0 Å². The molecule has 0 fully saturated rings. The van der Waals surface area contributed by atoms with E-state index in [2.05, 4.69) is 0 Å². The molecule has 1 N–H and O–H groups in total. The molecule has 3 aromatic rings. The molecule has 0 aliphatic rings. The number of hydrogen-bond donors (Lipinski definition) is 1. The van der Waals surface area contributed by atoms with Gasteiger partial charge < -0.3 is 4.80 Å². The van der Waals surface area contributed by atoms with E-state index in [-0.39, 0.29) is 40.0 Å². The predicted molar refractivity (Wildman–Crippen MR) is 105 cm³/mol. The van der Waals surface area contributed by atoms with Crippen molar-refractivity contribution in [3.8, 4) is 0 Å². The number of halogens is 1. The molecule has 0 atom stereocenters. The SMILES string of the molecule is Br.O[Si](c1ccccc1)(c1ccccc1)c1ccccc1.[MgH2]. The van der Waals surface area contributed by atoms with Crippen molar-refractivity contribution in [3.63, 3.8) is 0 Å². The molecule has 0 saturated heterocycles. The van der Waals surface area contributed by atoms with Gasteiger partial charge in [0.25, 0.3) is 8.32 Å². The molecule has 110 valence electrons. The van der Waals surface area contributed by atoms with Gasteiger partial charge in [-0.05, 0) is 15.6 Å². The summed E-state index contributed by atoms with van der Waals surface area (Å²) in [4.78, 5) is 11.6. The van der Waals surface area contributed by atoms with Crippen LogP contribution >= 0.6 is 17.0 Å². The van der Waals surface area contributed by atoms with Crippen LogP contribution < -0.4 is 15.6 Å². The molecular weight excluding hydrogens is 364 g/mol. The Hall–Kier alpha value is -0.917. The summed E-state index contributed by atoms with van der Waals surface area (Å²) in [5.74, 6) is 0. The number of benzene rings is 3. The third kappa shape index (κ3) is 3.70. The first-order valence-electron chi connectivity index (χ1n) is 6.71. The first kappa shape index (κ1) is 19.1. The van der Waals surface area contributed by atoms with Crippen molar-refractivity contribution >= 4 is 63.9 Å². The van der Waals surface area contributed by atoms with Crippen molar-refractivity contribution in [1.82, 2.24) is 0 Å². The van der Waals surface area contributed by atoms with Crippen LogP contribution in [-0.4, -0.2) is 36.2 Å². The third-order valence-electron chi connectivity index (χ3n) is 3.57. The Morgan fingerprint density at radius 1 is 0.500 bits per heavy atom. The fourth-order valence-corrected chi connectivity index (χ4v) is 5.56. The van der Waals surface area contributed by atoms with Gasteiger partial charge in [-0.25, -0.2) is 0 Å². The monoisotopic (exact) mass is 382 g/mol. The van der Waals surface area contributed by atoms with Crippen LogP contribution in [0.1, 0.15) is 0 Å². The maximum absolute atomic E-state index is 11.6. The zero-order chi connectivity index (χ0) is 13.8. The van der Waals surface area contributed by atoms with Gasteiger partial charge in [-0.2, -0.15) is 0 Å². The fourth-order valence-electron chi connectivity index (χ4n) is 2.54. The highest BCUT2D eigenvalue weighted by Crippen LogP contribution is 2.03. The van der Waals surface area contributed by atoms with E-state index in [4.69, 9.17) is 0 Å². The highest BCUT2D eigenvalue weighted by molar-refractivity contribution is 8.93. The smallest absolute Gasteiger partial charge is 0.316 e. The number of rotatable bonds is 3. The molecule has 0 amide bonds. The maximum Gasteiger partial charge on any atom is 0.316 e. The first-order valence-corrected chi connectivity index (χ1v) is 8.65. The summed E-state index contributed by atoms with van der Waals surface area (Å²) in [6.07, 6.45) is 0. The maximum atomic E-state index is 11.6. The Balaban J connectivity index is 0.00000121. The Morgan fingerprint density at radius 3 is 0.955 bits per heavy atom. The van der Waals surface area contributed by atoms with E-state index in [1.165, 1.54) is 0 Å². The molecule has 0 aliphatic carbocycles. The van der Waals surface area contributed by atoms with Crippen LogP contribution in [0.25, 0.3) is 0 Å². The van der Waals surface area contributed by atoms with Gasteiger partial charge in [0, 0.05) is 0 Å². The fraction of sp³-hybridized carbons (Fsp3) is 0. The number of hydrogen-bond acceptors (Lipinski definition) is 1. The van der Waals surface area contributed by atoms with E-state index in [1.807, 2.05) is 91.0 Å². The summed E-state index contributed by atoms with van der Waals surface area (Å²) in [6.45, 7) is 0. The minimum Gasteiger partial charge on any atom is -0.421 e. The van der Waals surface area contributed by atoms with Crippen molar-refractivity contribution in [2.45, 2.75) is 0 Å². The average molecular weight is 384 g/mol. The lowest BCUT2D eigenvalue weighted by Gasteiger charge is -2.26. The van der Waals surface area contributed by atoms with Crippen molar-refractivity contribution < 1.29 is 4.80 Å². The van der Waals surface area contributed by atoms with Crippen LogP contribution in [0.4, 0.5) is 0 Å². The minimum atomic E-state index is -2.88. The van der Waals surface area contributed by atoms with Crippen LogP contribution in [0.3, 0.4) is 0 Å². The predicted octanol–water partition coefficient (Wildman–Crippen LogP) is 1.31. The van der Waals surface area contributed by atoms with Gasteiger partial charge in [0.05, 0.1) is 0 Å². The van der Waals surface area contributed by atoms with Gasteiger partial charge in [0.1, 0.15) is 0 Å². The van der Waals surface area contributed by atoms with Crippen molar-refractivity contribution in [2.24, 2.45) is 0 Å². The molecule has 0 bridgehead atoms. The summed E-state index contributed by atoms with van der Waals surface area (Å²) in [5.41, 5.74) is 0. The van der Waals surface area contributed by atoms with Gasteiger partial charge in [0.15, 0.2) is 0 Å². The van der Waals surface area contributed by atoms with Gasteiger partial charge >= 0.3 is 23.1 Å². The lowest BCUT2D eigenvalue weighted by molar-refractivity contribution is 0.583. The quantitative estimate of drug-likeness (QED) is 0.534. The lowest BCUT2D eigenvalue weighted by atomic mass is 10.3. The topological polar surface area (TPSA) is 20.2 Å². The Morgan fingerprint density at radius 2 is 0.727 bits per heavy atom. The van der Waals surface area contributed by atoms with Gasteiger partial charge in [-0.1, -0.05) is 91.0 Å². The van der Waals surface area contributed by atoms with E-state index >= 15 is 0 Å². The molecule has 0 unspecified atom stereocenters. The second-order valence-electron chi connectivity index (χ2n) is 4.81. The molecule has 0 saturated carbocycles. The van der Waals surface area contributed by atoms with Crippen molar-refractivity contribution in [3.05, 3.63) is 91.0 Å². The summed E-state index contributed by atoms with van der Waals surface area (Å²) >= 11 is 0. The lowest BCUT2D eigenvalue weighted by Crippen LogP contribution is -2.67. The molecular formula is C18H19BrMgOSi. The molecule has 3 rings (SSSR count). The molecule has 0 aliphatic heterocycles. The van der Waals surface area contributed by atoms with Crippen molar-refractivity contribution in [2.75, 3.05) is 0 Å². The molecule has 0 radical (unpaired) electrons. The van der Waals surface area contributed by atoms with Crippen LogP contribution in [0, 0.1) is 0 Å². The zero-order valence-corrected chi connectivity index (χ0v) is 14.2. The van der Waals surface area contributed by atoms with Gasteiger partial charge in [-0.3, -0.25) is 0 Å². The van der Waals surface area contributed by atoms with Gasteiger partial charge in [-0.15, -0.1) is 17.0 Å². The summed E-state index contributed by atoms with van der Waals surface area (Å²) in [5, 5.41) is 3.03. The Kier molecular flexibility index (Phi) is 7.52. The van der Waals surface area contributed by atoms with Crippen molar-refractivity contribution in [1.29, 1.82) is 0 Å². The molecule has 4 heteroatoms. The average Bonchev–Trinajstić information content (AvgIpc) is 2.56. The van der Waals surface area contributed by atoms with E-state index in [0.717, 1.165) is 15.6 Å². The van der Waals surface area contributed by atoms with E-state index in [9.17, 15) is 4.80 Å². The summed E-state index contributed by atoms with van der Waals surface area (Å²) in [7, 11) is -2.88. The summed E-state index contributed by atoms with van der Waals surface area (Å²) in [6, 6.07) is 30.0. The second-order valence-corrected chi connectivity index (χ2v) is 7.96. The third-order valence-corrected chi connectivity index (χ3v) is 7.08. The second kappa shape index (κ2) is 8.65. The first-order chi connectivity index (χ1) is 9.82. The van der Waals surface area contributed by atoms with E-state index < -0.39 is 8.32 Å². The minimum absolute atomic E-state index is 0. The highest BCUT2D eigenvalue weighted by atomic mass is 79.9. The Labute approximate surface area is 159 Å². The van der Waals surface area contributed by atoms with Gasteiger partial charge in [0.2, 0.25) is 0 Å². The van der Waals surface area contributed by atoms with Crippen LogP contribution in [-0.2, 0) is 0 Å². The standard InChI is InChI=1S/C18H16OSi.BrH.Mg.2H/c19-20(16-10-4-1-5-11-16,17-12-6-2-7-13-17)18-14-8-3-9-15-18;;;;/h1-15,19H;1H;;;. The molecule has 3 aromatic carbocycles. The molecule has 0 aromatic heterocycles. The van der Waals surface area contributed by atoms with E-state index in [1.54, 1.807) is 0 Å². The van der Waals surface area contributed by atoms with Crippen LogP contribution in [0.5, 0.6) is 0 Å². The normalized spacial score (nSPS) is 10.2. The molecule has 0 spiro atoms. The Bertz CT molecular complexity index is 581. The molecule has 0 heterocycles. The highest BCUT2D eigenvalue weighted by Gasteiger charge is 2.37. The van der Waals surface area contributed by atoms with Crippen LogP contribution in [0.2, 0.25) is 0 Å². The zero-order valence-electron chi connectivity index (χ0n) is 11.5. The summed E-state index contributed by atoms with van der Waals surface area (Å²) < 4.78 is 0. The largest absolute Gasteiger partial charge is 0.421 e. The molecule has 22 heavy (non-hydrogen) atoms. The molecule has 1 nitrogen and oxygen atoms in total.